The van der Waals surface area contributed by atoms with Gasteiger partial charge in [-0.3, -0.25) is 4.79 Å². The van der Waals surface area contributed by atoms with E-state index in [1.165, 1.54) is 5.12 Å². The van der Waals surface area contributed by atoms with Gasteiger partial charge in [0, 0.05) is 37.9 Å². The smallest absolute Gasteiger partial charge is 0.352 e. The first kappa shape index (κ1) is 24.4. The van der Waals surface area contributed by atoms with Crippen molar-refractivity contribution in [1.82, 2.24) is 25.3 Å². The zero-order chi connectivity index (χ0) is 24.3. The quantitative estimate of drug-likeness (QED) is 0.650. The molecule has 0 spiro atoms. The number of hydrazine groups is 1. The van der Waals surface area contributed by atoms with Gasteiger partial charge in [-0.05, 0) is 31.9 Å². The molecule has 0 fully saturated rings. The molecule has 2 aromatic rings. The Bertz CT molecular complexity index is 1010. The summed E-state index contributed by atoms with van der Waals surface area (Å²) in [6, 6.07) is 3.29. The maximum atomic E-state index is 13.4. The highest BCUT2D eigenvalue weighted by Crippen LogP contribution is 2.28. The van der Waals surface area contributed by atoms with Gasteiger partial charge in [0.05, 0.1) is 17.6 Å². The Morgan fingerprint density at radius 2 is 1.94 bits per heavy atom. The van der Waals surface area contributed by atoms with E-state index in [1.54, 1.807) is 37.2 Å². The van der Waals surface area contributed by atoms with E-state index in [9.17, 15) is 18.0 Å². The van der Waals surface area contributed by atoms with E-state index in [1.807, 2.05) is 20.8 Å². The first-order valence-electron chi connectivity index (χ1n) is 10.5. The molecule has 1 amide bonds. The maximum absolute atomic E-state index is 13.4. The van der Waals surface area contributed by atoms with Crippen LogP contribution in [0.2, 0.25) is 0 Å². The number of alkyl halides is 3. The molecule has 12 heteroatoms. The molecule has 1 aliphatic heterocycles. The number of pyridine rings is 1. The highest BCUT2D eigenvalue weighted by atomic mass is 19.4. The molecule has 178 valence electrons. The summed E-state index contributed by atoms with van der Waals surface area (Å²) in [7, 11) is 1.67. The summed E-state index contributed by atoms with van der Waals surface area (Å²) in [5.41, 5.74) is 3.66. The van der Waals surface area contributed by atoms with Gasteiger partial charge in [0.1, 0.15) is 5.69 Å². The topological polar surface area (TPSA) is 98.6 Å². The molecular formula is C21H27F3N8O. The van der Waals surface area contributed by atoms with Gasteiger partial charge in [0.15, 0.2) is 5.69 Å². The fourth-order valence-electron chi connectivity index (χ4n) is 3.33. The van der Waals surface area contributed by atoms with Crippen LogP contribution in [0.4, 0.5) is 24.8 Å². The molecule has 33 heavy (non-hydrogen) atoms. The molecule has 1 unspecified atom stereocenters. The molecule has 1 aliphatic rings. The van der Waals surface area contributed by atoms with Gasteiger partial charge >= 0.3 is 6.18 Å². The van der Waals surface area contributed by atoms with Gasteiger partial charge in [-0.2, -0.15) is 23.4 Å². The monoisotopic (exact) mass is 464 g/mol. The number of anilines is 2. The van der Waals surface area contributed by atoms with Crippen LogP contribution in [-0.4, -0.2) is 57.6 Å². The second-order valence-electron chi connectivity index (χ2n) is 8.22. The van der Waals surface area contributed by atoms with Crippen molar-refractivity contribution in [2.45, 2.75) is 46.0 Å². The minimum absolute atomic E-state index is 0.0170. The minimum atomic E-state index is -4.50. The number of aryl methyl sites for hydroxylation is 1. The number of hydrazone groups is 1. The van der Waals surface area contributed by atoms with Gasteiger partial charge in [0.2, 0.25) is 5.95 Å². The lowest BCUT2D eigenvalue weighted by Gasteiger charge is -2.32. The number of amides is 1. The maximum Gasteiger partial charge on any atom is 0.419 e. The Hall–Kier alpha value is -3.28. The van der Waals surface area contributed by atoms with E-state index in [4.69, 9.17) is 0 Å². The number of aromatic nitrogens is 3. The number of nitrogens with one attached hydrogen (secondary N) is 2. The Kier molecular flexibility index (Phi) is 7.15. The van der Waals surface area contributed by atoms with Crippen molar-refractivity contribution >= 4 is 23.8 Å². The number of hydrogen-bond acceptors (Lipinski definition) is 8. The fourth-order valence-corrected chi connectivity index (χ4v) is 3.33. The zero-order valence-corrected chi connectivity index (χ0v) is 19.1. The first-order valence-corrected chi connectivity index (χ1v) is 10.5. The molecule has 9 nitrogen and oxygen atoms in total. The highest BCUT2D eigenvalue weighted by molar-refractivity contribution is 5.98. The van der Waals surface area contributed by atoms with Crippen molar-refractivity contribution in [3.63, 3.8) is 0 Å². The fraction of sp³-hybridized carbons (Fsp3) is 0.476. The lowest BCUT2D eigenvalue weighted by atomic mass is 10.0. The lowest BCUT2D eigenvalue weighted by molar-refractivity contribution is -0.138. The molecule has 3 rings (SSSR count). The normalized spacial score (nSPS) is 16.9. The van der Waals surface area contributed by atoms with Crippen molar-refractivity contribution in [2.75, 3.05) is 24.0 Å². The molecule has 2 aromatic heterocycles. The minimum Gasteiger partial charge on any atom is -0.352 e. The van der Waals surface area contributed by atoms with Crippen LogP contribution in [0.5, 0.6) is 0 Å². The van der Waals surface area contributed by atoms with Crippen molar-refractivity contribution in [3.05, 3.63) is 41.5 Å². The van der Waals surface area contributed by atoms with E-state index in [0.717, 1.165) is 12.4 Å². The number of nitrogens with zero attached hydrogens (tertiary/aromatic N) is 6. The molecule has 0 radical (unpaired) electrons. The van der Waals surface area contributed by atoms with Crippen molar-refractivity contribution < 1.29 is 18.0 Å². The van der Waals surface area contributed by atoms with Gasteiger partial charge in [0.25, 0.3) is 5.91 Å². The molecule has 0 saturated carbocycles. The van der Waals surface area contributed by atoms with Crippen LogP contribution >= 0.6 is 0 Å². The van der Waals surface area contributed by atoms with E-state index >= 15 is 0 Å². The SMILES string of the molecule is Cc1ccc(N2N=CC(C)N2)c(C(=O)N(C)[C@H](CNc2ncc(C(F)(F)F)cn2)C(C)C)n1. The van der Waals surface area contributed by atoms with Crippen LogP contribution in [0.25, 0.3) is 0 Å². The van der Waals surface area contributed by atoms with E-state index in [2.05, 4.69) is 30.8 Å². The van der Waals surface area contributed by atoms with Crippen LogP contribution in [0, 0.1) is 12.8 Å². The molecule has 0 bridgehead atoms. The third-order valence-corrected chi connectivity index (χ3v) is 5.21. The summed E-state index contributed by atoms with van der Waals surface area (Å²) in [5, 5.41) is 8.73. The molecular weight excluding hydrogens is 437 g/mol. The standard InChI is InChI=1S/C21H27F3N8O/c1-12(2)17(11-27-20-25-9-15(10-26-20)21(22,23)24)31(5)19(33)18-16(7-6-13(3)29-18)32-28-8-14(4)30-32/h6-10,12,14,17,30H,11H2,1-5H3,(H,25,26,27)/t14?,17-/m1/s1. The van der Waals surface area contributed by atoms with Crippen LogP contribution in [0.1, 0.15) is 42.5 Å². The van der Waals surface area contributed by atoms with Gasteiger partial charge < -0.3 is 10.2 Å². The van der Waals surface area contributed by atoms with Gasteiger partial charge in [-0.25, -0.2) is 20.4 Å². The summed E-state index contributed by atoms with van der Waals surface area (Å²) in [6.07, 6.45) is -1.33. The van der Waals surface area contributed by atoms with Crippen molar-refractivity contribution in [1.29, 1.82) is 0 Å². The molecule has 0 aromatic carbocycles. The summed E-state index contributed by atoms with van der Waals surface area (Å²) in [6.45, 7) is 7.87. The van der Waals surface area contributed by atoms with Gasteiger partial charge in [-0.1, -0.05) is 13.8 Å². The lowest BCUT2D eigenvalue weighted by Crippen LogP contribution is -2.45. The third kappa shape index (κ3) is 5.75. The number of carbonyl (C=O) groups is 1. The van der Waals surface area contributed by atoms with Crippen LogP contribution in [0.3, 0.4) is 0 Å². The number of carbonyl (C=O) groups excluding carboxylic acids is 1. The Morgan fingerprint density at radius 1 is 1.27 bits per heavy atom. The second kappa shape index (κ2) is 9.69. The van der Waals surface area contributed by atoms with Gasteiger partial charge in [-0.15, -0.1) is 0 Å². The first-order chi connectivity index (χ1) is 15.5. The number of rotatable bonds is 7. The Balaban J connectivity index is 1.77. The molecule has 2 N–H and O–H groups in total. The van der Waals surface area contributed by atoms with Crippen LogP contribution < -0.4 is 15.9 Å². The van der Waals surface area contributed by atoms with E-state index in [-0.39, 0.29) is 42.1 Å². The van der Waals surface area contributed by atoms with Crippen molar-refractivity contribution in [2.24, 2.45) is 11.0 Å². The van der Waals surface area contributed by atoms with Crippen LogP contribution in [0.15, 0.2) is 29.6 Å². The second-order valence-corrected chi connectivity index (χ2v) is 8.22. The van der Waals surface area contributed by atoms with E-state index in [0.29, 0.717) is 11.4 Å². The average Bonchev–Trinajstić information content (AvgIpc) is 3.18. The largest absolute Gasteiger partial charge is 0.419 e. The average molecular weight is 464 g/mol. The van der Waals surface area contributed by atoms with E-state index < -0.39 is 11.7 Å². The summed E-state index contributed by atoms with van der Waals surface area (Å²) < 4.78 is 38.2. The zero-order valence-electron chi connectivity index (χ0n) is 19.1. The molecule has 0 saturated heterocycles. The van der Waals surface area contributed by atoms with Crippen molar-refractivity contribution in [3.8, 4) is 0 Å². The summed E-state index contributed by atoms with van der Waals surface area (Å²) >= 11 is 0. The number of hydrogen-bond donors (Lipinski definition) is 2. The third-order valence-electron chi connectivity index (χ3n) is 5.21. The molecule has 0 aliphatic carbocycles. The number of likely N-dealkylation sites (N-methyl/N-ethyl adjacent to an activating group) is 1. The number of halogens is 3. The predicted molar refractivity (Wildman–Crippen MR) is 119 cm³/mol. The summed E-state index contributed by atoms with van der Waals surface area (Å²) in [4.78, 5) is 26.9. The highest BCUT2D eigenvalue weighted by Gasteiger charge is 2.32. The summed E-state index contributed by atoms with van der Waals surface area (Å²) in [5.74, 6) is -0.232. The Labute approximate surface area is 190 Å². The predicted octanol–water partition coefficient (Wildman–Crippen LogP) is 3.11. The molecule has 2 atom stereocenters. The Morgan fingerprint density at radius 3 is 2.48 bits per heavy atom. The molecule has 3 heterocycles. The van der Waals surface area contributed by atoms with Crippen LogP contribution in [-0.2, 0) is 6.18 Å².